The normalized spacial score (nSPS) is 28.9. The van der Waals surface area contributed by atoms with E-state index in [1.54, 1.807) is 24.0 Å². The van der Waals surface area contributed by atoms with Crippen molar-refractivity contribution in [2.45, 2.75) is 103 Å². The first-order valence-electron chi connectivity index (χ1n) is 15.7. The van der Waals surface area contributed by atoms with Gasteiger partial charge in [0.2, 0.25) is 17.7 Å². The minimum Gasteiger partial charge on any atom is -0.394 e. The number of amides is 3. The molecule has 1 aromatic rings. The molecular formula is C35H51N3O5. The highest BCUT2D eigenvalue weighted by Crippen LogP contribution is 2.65. The van der Waals surface area contributed by atoms with Gasteiger partial charge in [0.25, 0.3) is 0 Å². The predicted octanol–water partition coefficient (Wildman–Crippen LogP) is 4.97. The molecular weight excluding hydrogens is 542 g/mol. The van der Waals surface area contributed by atoms with Crippen molar-refractivity contribution in [2.75, 3.05) is 24.6 Å². The molecule has 0 saturated carbocycles. The zero-order chi connectivity index (χ0) is 32.0. The second-order valence-corrected chi connectivity index (χ2v) is 14.5. The molecule has 3 saturated heterocycles. The number of hydrogen-bond acceptors (Lipinski definition) is 5. The summed E-state index contributed by atoms with van der Waals surface area (Å²) in [5.41, 5.74) is -1.95. The number of nitrogens with zero attached hydrogens (tertiary/aromatic N) is 3. The molecule has 6 atom stereocenters. The molecule has 8 nitrogen and oxygen atoms in total. The largest absolute Gasteiger partial charge is 0.394 e. The van der Waals surface area contributed by atoms with E-state index >= 15 is 0 Å². The van der Waals surface area contributed by atoms with Gasteiger partial charge >= 0.3 is 0 Å². The molecule has 43 heavy (non-hydrogen) atoms. The number of para-hydroxylation sites is 1. The van der Waals surface area contributed by atoms with Gasteiger partial charge < -0.3 is 24.5 Å². The van der Waals surface area contributed by atoms with Crippen LogP contribution in [0.5, 0.6) is 0 Å². The number of hydrogen-bond donors (Lipinski definition) is 1. The lowest BCUT2D eigenvalue weighted by Crippen LogP contribution is -2.62. The van der Waals surface area contributed by atoms with Crippen molar-refractivity contribution in [1.82, 2.24) is 9.80 Å². The standard InChI is InChI=1S/C35H51N3O5/c1-10-20-36(25-16-14-13-15-17-25)29(40)26-27-30(41)38(24(4)22-39)28(35(27)19-18-34(26,12-3)43-35)31(42)37(21-11-2)33(8,9)23-32(5,6)7/h10-11,13-17,24,26-28,39H,1-2,12,18-23H2,3-9H3/t24-,26-,27+,28?,34+,35?/m1/s1. The van der Waals surface area contributed by atoms with Crippen LogP contribution in [0.25, 0.3) is 0 Å². The Morgan fingerprint density at radius 1 is 1.09 bits per heavy atom. The fraction of sp³-hybridized carbons (Fsp3) is 0.629. The lowest BCUT2D eigenvalue weighted by atomic mass is 9.64. The summed E-state index contributed by atoms with van der Waals surface area (Å²) in [5.74, 6) is -2.35. The number of ether oxygens (including phenoxy) is 1. The molecule has 2 bridgehead atoms. The molecule has 1 spiro atoms. The molecule has 236 valence electrons. The van der Waals surface area contributed by atoms with Gasteiger partial charge in [0.1, 0.15) is 11.6 Å². The SMILES string of the molecule is C=CCN(C(=O)[C@H]1[C@H]2C(=O)N([C@H](C)CO)C(C(=O)N(CC=C)C(C)(C)CC(C)(C)C)C23CC[C@]1(CC)O3)c1ccccc1. The van der Waals surface area contributed by atoms with Gasteiger partial charge in [-0.05, 0) is 64.0 Å². The number of fused-ring (bicyclic) bond motifs is 1. The minimum absolute atomic E-state index is 0.0638. The summed E-state index contributed by atoms with van der Waals surface area (Å²) < 4.78 is 7.00. The Kier molecular flexibility index (Phi) is 9.07. The van der Waals surface area contributed by atoms with Crippen LogP contribution in [0, 0.1) is 17.3 Å². The molecule has 3 fully saturated rings. The zero-order valence-corrected chi connectivity index (χ0v) is 27.1. The van der Waals surface area contributed by atoms with E-state index < -0.39 is 40.7 Å². The Morgan fingerprint density at radius 3 is 2.26 bits per heavy atom. The van der Waals surface area contributed by atoms with Gasteiger partial charge in [-0.1, -0.05) is 58.0 Å². The molecule has 0 aliphatic carbocycles. The highest BCUT2D eigenvalue weighted by molar-refractivity contribution is 6.03. The first kappa shape index (κ1) is 32.9. The Balaban J connectivity index is 1.86. The van der Waals surface area contributed by atoms with E-state index in [1.807, 2.05) is 56.0 Å². The number of anilines is 1. The van der Waals surface area contributed by atoms with Gasteiger partial charge in [-0.3, -0.25) is 14.4 Å². The van der Waals surface area contributed by atoms with Crippen molar-refractivity contribution in [3.8, 4) is 0 Å². The van der Waals surface area contributed by atoms with Gasteiger partial charge in [0, 0.05) is 24.3 Å². The zero-order valence-electron chi connectivity index (χ0n) is 27.1. The monoisotopic (exact) mass is 593 g/mol. The van der Waals surface area contributed by atoms with E-state index in [1.165, 1.54) is 4.90 Å². The van der Waals surface area contributed by atoms with Crippen molar-refractivity contribution in [3.63, 3.8) is 0 Å². The lowest BCUT2D eigenvalue weighted by molar-refractivity contribution is -0.159. The molecule has 0 aromatic heterocycles. The fourth-order valence-corrected chi connectivity index (χ4v) is 8.41. The first-order valence-corrected chi connectivity index (χ1v) is 15.7. The molecule has 1 N–H and O–H groups in total. The van der Waals surface area contributed by atoms with E-state index in [0.717, 1.165) is 12.1 Å². The fourth-order valence-electron chi connectivity index (χ4n) is 8.41. The predicted molar refractivity (Wildman–Crippen MR) is 169 cm³/mol. The summed E-state index contributed by atoms with van der Waals surface area (Å²) in [4.78, 5) is 49.1. The molecule has 2 unspecified atom stereocenters. The smallest absolute Gasteiger partial charge is 0.249 e. The van der Waals surface area contributed by atoms with Gasteiger partial charge in [-0.15, -0.1) is 13.2 Å². The second-order valence-electron chi connectivity index (χ2n) is 14.5. The number of aliphatic hydroxyl groups is 1. The van der Waals surface area contributed by atoms with Gasteiger partial charge in [-0.25, -0.2) is 0 Å². The van der Waals surface area contributed by atoms with Crippen LogP contribution in [0.3, 0.4) is 0 Å². The lowest BCUT2D eigenvalue weighted by Gasteiger charge is -2.46. The number of rotatable bonds is 12. The highest BCUT2D eigenvalue weighted by atomic mass is 16.5. The van der Waals surface area contributed by atoms with Crippen LogP contribution in [0.15, 0.2) is 55.6 Å². The quantitative estimate of drug-likeness (QED) is 0.346. The summed E-state index contributed by atoms with van der Waals surface area (Å²) in [6.45, 7) is 22.4. The summed E-state index contributed by atoms with van der Waals surface area (Å²) in [5, 5.41) is 10.3. The molecule has 4 rings (SSSR count). The van der Waals surface area contributed by atoms with E-state index in [-0.39, 0.29) is 36.3 Å². The van der Waals surface area contributed by atoms with Crippen LogP contribution in [-0.4, -0.2) is 81.1 Å². The van der Waals surface area contributed by atoms with E-state index in [4.69, 9.17) is 4.74 Å². The van der Waals surface area contributed by atoms with Crippen LogP contribution in [0.2, 0.25) is 0 Å². The van der Waals surface area contributed by atoms with E-state index in [0.29, 0.717) is 25.8 Å². The average molecular weight is 594 g/mol. The van der Waals surface area contributed by atoms with Crippen molar-refractivity contribution < 1.29 is 24.2 Å². The summed E-state index contributed by atoms with van der Waals surface area (Å²) >= 11 is 0. The van der Waals surface area contributed by atoms with Crippen molar-refractivity contribution in [1.29, 1.82) is 0 Å². The Labute approximate surface area is 257 Å². The third-order valence-electron chi connectivity index (χ3n) is 9.77. The summed E-state index contributed by atoms with van der Waals surface area (Å²) in [7, 11) is 0. The molecule has 3 aliphatic rings. The molecule has 3 heterocycles. The minimum atomic E-state index is -1.18. The van der Waals surface area contributed by atoms with Crippen LogP contribution in [0.4, 0.5) is 5.69 Å². The maximum absolute atomic E-state index is 14.9. The maximum atomic E-state index is 14.9. The summed E-state index contributed by atoms with van der Waals surface area (Å²) in [6, 6.07) is 7.79. The van der Waals surface area contributed by atoms with Crippen molar-refractivity contribution >= 4 is 23.4 Å². The molecule has 3 amide bonds. The molecule has 3 aliphatic heterocycles. The van der Waals surface area contributed by atoms with Crippen LogP contribution < -0.4 is 4.90 Å². The van der Waals surface area contributed by atoms with Crippen molar-refractivity contribution in [2.24, 2.45) is 17.3 Å². The average Bonchev–Trinajstić information content (AvgIpc) is 3.56. The van der Waals surface area contributed by atoms with Gasteiger partial charge in [0.15, 0.2) is 0 Å². The second kappa shape index (κ2) is 11.8. The third kappa shape index (κ3) is 5.46. The highest BCUT2D eigenvalue weighted by Gasteiger charge is 2.79. The maximum Gasteiger partial charge on any atom is 0.249 e. The number of likely N-dealkylation sites (tertiary alicyclic amines) is 1. The third-order valence-corrected chi connectivity index (χ3v) is 9.77. The number of benzene rings is 1. The Hall–Kier alpha value is -2.97. The van der Waals surface area contributed by atoms with E-state index in [2.05, 4.69) is 33.9 Å². The molecule has 1 aromatic carbocycles. The van der Waals surface area contributed by atoms with Gasteiger partial charge in [-0.2, -0.15) is 0 Å². The number of carbonyl (C=O) groups excluding carboxylic acids is 3. The molecule has 0 radical (unpaired) electrons. The first-order chi connectivity index (χ1) is 20.1. The van der Waals surface area contributed by atoms with Crippen LogP contribution in [-0.2, 0) is 19.1 Å². The molecule has 8 heteroatoms. The van der Waals surface area contributed by atoms with Gasteiger partial charge in [0.05, 0.1) is 30.1 Å². The Bertz CT molecular complexity index is 1240. The number of aliphatic hydroxyl groups excluding tert-OH is 1. The Morgan fingerprint density at radius 2 is 1.72 bits per heavy atom. The van der Waals surface area contributed by atoms with Crippen LogP contribution in [0.1, 0.15) is 74.1 Å². The topological polar surface area (TPSA) is 90.4 Å². The van der Waals surface area contributed by atoms with Crippen LogP contribution >= 0.6 is 0 Å². The van der Waals surface area contributed by atoms with E-state index in [9.17, 15) is 19.5 Å². The van der Waals surface area contributed by atoms with Crippen molar-refractivity contribution in [3.05, 3.63) is 55.6 Å². The summed E-state index contributed by atoms with van der Waals surface area (Å²) in [6.07, 6.45) is 5.71. The number of carbonyl (C=O) groups is 3.